The van der Waals surface area contributed by atoms with E-state index >= 15 is 0 Å². The molecule has 0 bridgehead atoms. The van der Waals surface area contributed by atoms with Crippen LogP contribution in [-0.4, -0.2) is 34.2 Å². The molecule has 0 aliphatic carbocycles. The number of rotatable bonds is 5. The van der Waals surface area contributed by atoms with Gasteiger partial charge in [0.15, 0.2) is 0 Å². The zero-order valence-corrected chi connectivity index (χ0v) is 12.5. The maximum absolute atomic E-state index is 12.0. The molecule has 0 radical (unpaired) electrons. The van der Waals surface area contributed by atoms with E-state index in [9.17, 15) is 9.59 Å². The number of aromatic nitrogens is 3. The molecule has 3 rings (SSSR count). The molecule has 2 heterocycles. The molecule has 1 aromatic heterocycles. The first kappa shape index (κ1) is 14.4. The van der Waals surface area contributed by atoms with Crippen molar-refractivity contribution in [3.05, 3.63) is 40.1 Å². The van der Waals surface area contributed by atoms with Gasteiger partial charge in [0.2, 0.25) is 5.82 Å². The predicted octanol–water partition coefficient (Wildman–Crippen LogP) is 1.51. The molecule has 2 aromatic rings. The Hall–Kier alpha value is -2.57. The zero-order chi connectivity index (χ0) is 15.5. The van der Waals surface area contributed by atoms with E-state index in [0.29, 0.717) is 5.69 Å². The molecule has 7 nitrogen and oxygen atoms in total. The second-order valence-corrected chi connectivity index (χ2v) is 5.41. The van der Waals surface area contributed by atoms with Gasteiger partial charge < -0.3 is 10.2 Å². The van der Waals surface area contributed by atoms with Crippen molar-refractivity contribution in [1.29, 1.82) is 0 Å². The SMILES string of the molecule is CCCCN1CCc2ccc(NC(=O)c3n[nH]c(=O)[nH]3)cc21. The lowest BCUT2D eigenvalue weighted by molar-refractivity contribution is 0.101. The Balaban J connectivity index is 1.76. The topological polar surface area (TPSA) is 93.9 Å². The molecule has 1 aromatic carbocycles. The highest BCUT2D eigenvalue weighted by atomic mass is 16.2. The Morgan fingerprint density at radius 3 is 3.05 bits per heavy atom. The molecule has 0 spiro atoms. The summed E-state index contributed by atoms with van der Waals surface area (Å²) in [4.78, 5) is 27.7. The fourth-order valence-electron chi connectivity index (χ4n) is 2.67. The monoisotopic (exact) mass is 301 g/mol. The molecule has 1 aliphatic rings. The number of aromatic amines is 2. The highest BCUT2D eigenvalue weighted by Crippen LogP contribution is 2.31. The highest BCUT2D eigenvalue weighted by Gasteiger charge is 2.19. The summed E-state index contributed by atoms with van der Waals surface area (Å²) < 4.78 is 0. The quantitative estimate of drug-likeness (QED) is 0.780. The van der Waals surface area contributed by atoms with Crippen LogP contribution in [0, 0.1) is 0 Å². The lowest BCUT2D eigenvalue weighted by atomic mass is 10.1. The van der Waals surface area contributed by atoms with Crippen molar-refractivity contribution in [2.24, 2.45) is 0 Å². The van der Waals surface area contributed by atoms with Crippen LogP contribution in [0.3, 0.4) is 0 Å². The van der Waals surface area contributed by atoms with E-state index in [1.807, 2.05) is 18.2 Å². The lowest BCUT2D eigenvalue weighted by Crippen LogP contribution is -2.21. The Kier molecular flexibility index (Phi) is 3.95. The van der Waals surface area contributed by atoms with Crippen LogP contribution in [0.1, 0.15) is 35.9 Å². The second kappa shape index (κ2) is 6.05. The molecule has 0 unspecified atom stereocenters. The van der Waals surface area contributed by atoms with E-state index in [1.165, 1.54) is 11.3 Å². The fourth-order valence-corrected chi connectivity index (χ4v) is 2.67. The minimum absolute atomic E-state index is 0.0201. The van der Waals surface area contributed by atoms with Gasteiger partial charge >= 0.3 is 5.69 Å². The highest BCUT2D eigenvalue weighted by molar-refractivity contribution is 6.01. The van der Waals surface area contributed by atoms with Crippen molar-refractivity contribution >= 4 is 17.3 Å². The summed E-state index contributed by atoms with van der Waals surface area (Å²) >= 11 is 0. The molecule has 0 saturated heterocycles. The summed E-state index contributed by atoms with van der Waals surface area (Å²) in [5.41, 5.74) is 2.70. The number of fused-ring (bicyclic) bond motifs is 1. The summed E-state index contributed by atoms with van der Waals surface area (Å²) in [6, 6.07) is 5.91. The average Bonchev–Trinajstić information content (AvgIpc) is 3.11. The number of carbonyl (C=O) groups is 1. The number of anilines is 2. The number of carbonyl (C=O) groups excluding carboxylic acids is 1. The van der Waals surface area contributed by atoms with Gasteiger partial charge in [-0.15, -0.1) is 5.10 Å². The Morgan fingerprint density at radius 2 is 2.32 bits per heavy atom. The van der Waals surface area contributed by atoms with Gasteiger partial charge in [-0.3, -0.25) is 9.78 Å². The van der Waals surface area contributed by atoms with Gasteiger partial charge in [0.1, 0.15) is 0 Å². The van der Waals surface area contributed by atoms with Crippen molar-refractivity contribution in [2.45, 2.75) is 26.2 Å². The van der Waals surface area contributed by atoms with Crippen molar-refractivity contribution in [2.75, 3.05) is 23.3 Å². The molecule has 0 saturated carbocycles. The number of H-pyrrole nitrogens is 2. The Morgan fingerprint density at radius 1 is 1.45 bits per heavy atom. The third-order valence-corrected chi connectivity index (χ3v) is 3.83. The smallest absolute Gasteiger partial charge is 0.341 e. The summed E-state index contributed by atoms with van der Waals surface area (Å²) in [5.74, 6) is -0.454. The summed E-state index contributed by atoms with van der Waals surface area (Å²) in [6.07, 6.45) is 3.36. The molecule has 22 heavy (non-hydrogen) atoms. The Labute approximate surface area is 127 Å². The molecular weight excluding hydrogens is 282 g/mol. The van der Waals surface area contributed by atoms with Crippen molar-refractivity contribution in [3.63, 3.8) is 0 Å². The normalized spacial score (nSPS) is 13.2. The van der Waals surface area contributed by atoms with Gasteiger partial charge in [0.25, 0.3) is 5.91 Å². The number of nitrogens with zero attached hydrogens (tertiary/aromatic N) is 2. The molecule has 116 valence electrons. The number of benzene rings is 1. The van der Waals surface area contributed by atoms with Crippen LogP contribution in [0.25, 0.3) is 0 Å². The fraction of sp³-hybridized carbons (Fsp3) is 0.400. The maximum atomic E-state index is 12.0. The summed E-state index contributed by atoms with van der Waals surface area (Å²) in [6.45, 7) is 4.24. The number of nitrogens with one attached hydrogen (secondary N) is 3. The number of unbranched alkanes of at least 4 members (excludes halogenated alkanes) is 1. The predicted molar refractivity (Wildman–Crippen MR) is 84.4 cm³/mol. The first-order chi connectivity index (χ1) is 10.7. The van der Waals surface area contributed by atoms with Crippen LogP contribution in [-0.2, 0) is 6.42 Å². The van der Waals surface area contributed by atoms with E-state index in [0.717, 1.165) is 32.4 Å². The van der Waals surface area contributed by atoms with Gasteiger partial charge in [0.05, 0.1) is 0 Å². The molecular formula is C15H19N5O2. The molecule has 1 amide bonds. The molecule has 3 N–H and O–H groups in total. The average molecular weight is 301 g/mol. The van der Waals surface area contributed by atoms with Crippen molar-refractivity contribution < 1.29 is 4.79 Å². The van der Waals surface area contributed by atoms with Gasteiger partial charge in [-0.2, -0.15) is 0 Å². The summed E-state index contributed by atoms with van der Waals surface area (Å²) in [5, 5.41) is 8.56. The lowest BCUT2D eigenvalue weighted by Gasteiger charge is -2.19. The number of hydrogen-bond acceptors (Lipinski definition) is 4. The Bertz CT molecular complexity index is 734. The molecule has 7 heteroatoms. The maximum Gasteiger partial charge on any atom is 0.341 e. The zero-order valence-electron chi connectivity index (χ0n) is 12.5. The van der Waals surface area contributed by atoms with Crippen LogP contribution in [0.5, 0.6) is 0 Å². The number of hydrogen-bond donors (Lipinski definition) is 3. The van der Waals surface area contributed by atoms with Crippen LogP contribution in [0.4, 0.5) is 11.4 Å². The second-order valence-electron chi connectivity index (χ2n) is 5.41. The standard InChI is InChI=1S/C15H19N5O2/c1-2-3-7-20-8-6-10-4-5-11(9-12(10)20)16-14(21)13-17-15(22)19-18-13/h4-5,9H,2-3,6-8H2,1H3,(H,16,21)(H2,17,18,19,22). The number of amides is 1. The third-order valence-electron chi connectivity index (χ3n) is 3.83. The van der Waals surface area contributed by atoms with Gasteiger partial charge in [-0.05, 0) is 30.5 Å². The molecule has 0 fully saturated rings. The van der Waals surface area contributed by atoms with E-state index in [1.54, 1.807) is 0 Å². The van der Waals surface area contributed by atoms with Crippen LogP contribution in [0.2, 0.25) is 0 Å². The van der Waals surface area contributed by atoms with E-state index in [4.69, 9.17) is 0 Å². The van der Waals surface area contributed by atoms with Crippen LogP contribution < -0.4 is 15.9 Å². The van der Waals surface area contributed by atoms with Crippen molar-refractivity contribution in [3.8, 4) is 0 Å². The van der Waals surface area contributed by atoms with Gasteiger partial charge in [-0.1, -0.05) is 19.4 Å². The van der Waals surface area contributed by atoms with E-state index in [2.05, 4.69) is 32.3 Å². The van der Waals surface area contributed by atoms with E-state index < -0.39 is 11.6 Å². The molecule has 0 atom stereocenters. The minimum Gasteiger partial charge on any atom is -0.371 e. The van der Waals surface area contributed by atoms with E-state index in [-0.39, 0.29) is 5.82 Å². The largest absolute Gasteiger partial charge is 0.371 e. The van der Waals surface area contributed by atoms with Gasteiger partial charge in [0, 0.05) is 24.5 Å². The molecule has 1 aliphatic heterocycles. The van der Waals surface area contributed by atoms with Crippen LogP contribution in [0.15, 0.2) is 23.0 Å². The van der Waals surface area contributed by atoms with Crippen molar-refractivity contribution in [1.82, 2.24) is 15.2 Å². The first-order valence-corrected chi connectivity index (χ1v) is 7.51. The summed E-state index contributed by atoms with van der Waals surface area (Å²) in [7, 11) is 0. The minimum atomic E-state index is -0.496. The first-order valence-electron chi connectivity index (χ1n) is 7.51. The third kappa shape index (κ3) is 2.88. The van der Waals surface area contributed by atoms with Gasteiger partial charge in [-0.25, -0.2) is 9.89 Å². The van der Waals surface area contributed by atoms with Crippen LogP contribution >= 0.6 is 0 Å².